The van der Waals surface area contributed by atoms with Crippen LogP contribution in [0.2, 0.25) is 0 Å². The van der Waals surface area contributed by atoms with Gasteiger partial charge in [0.05, 0.1) is 12.1 Å². The highest BCUT2D eigenvalue weighted by molar-refractivity contribution is 7.80. The Bertz CT molecular complexity index is 657. The Labute approximate surface area is 122 Å². The highest BCUT2D eigenvalue weighted by atomic mass is 32.1. The first-order valence-corrected chi connectivity index (χ1v) is 6.72. The van der Waals surface area contributed by atoms with Gasteiger partial charge in [0.2, 0.25) is 5.91 Å². The van der Waals surface area contributed by atoms with E-state index in [-0.39, 0.29) is 12.5 Å². The summed E-state index contributed by atoms with van der Waals surface area (Å²) >= 11 is 5.07. The van der Waals surface area contributed by atoms with E-state index in [1.54, 1.807) is 6.07 Å². The number of likely N-dealkylation sites (N-methyl/N-ethyl adjacent to an activating group) is 1. The van der Waals surface area contributed by atoms with Gasteiger partial charge in [-0.15, -0.1) is 0 Å². The second-order valence-corrected chi connectivity index (χ2v) is 4.68. The van der Waals surface area contributed by atoms with E-state index in [0.717, 1.165) is 16.5 Å². The number of amides is 1. The maximum atomic E-state index is 11.4. The van der Waals surface area contributed by atoms with Gasteiger partial charge in [-0.3, -0.25) is 4.79 Å². The number of anilines is 1. The van der Waals surface area contributed by atoms with Gasteiger partial charge in [0.1, 0.15) is 10.8 Å². The van der Waals surface area contributed by atoms with Crippen LogP contribution in [-0.2, 0) is 4.79 Å². The molecule has 2 aromatic rings. The number of pyridine rings is 1. The molecule has 0 radical (unpaired) electrons. The topological polar surface area (TPSA) is 80.0 Å². The molecule has 0 aliphatic rings. The fourth-order valence-electron chi connectivity index (χ4n) is 1.90. The molecule has 1 heterocycles. The molecule has 0 atom stereocenters. The summed E-state index contributed by atoms with van der Waals surface area (Å²) in [4.78, 5) is 16.2. The van der Waals surface area contributed by atoms with Crippen molar-refractivity contribution in [2.75, 3.05) is 18.4 Å². The Kier molecular flexibility index (Phi) is 4.47. The number of para-hydroxylation sites is 1. The number of rotatable bonds is 5. The number of carbonyl (C=O) groups is 1. The Balaban J connectivity index is 2.30. The van der Waals surface area contributed by atoms with Crippen molar-refractivity contribution in [3.05, 3.63) is 35.9 Å². The van der Waals surface area contributed by atoms with E-state index >= 15 is 0 Å². The molecule has 6 heteroatoms. The van der Waals surface area contributed by atoms with E-state index < -0.39 is 0 Å². The molecular formula is C14H16N4OS. The molecule has 0 aliphatic carbocycles. The SMILES string of the molecule is CCNC(=O)CNc1cc(C(N)=S)c2ccccc2n1. The molecule has 104 valence electrons. The number of fused-ring (bicyclic) bond motifs is 1. The minimum absolute atomic E-state index is 0.0840. The third-order valence-corrected chi connectivity index (χ3v) is 3.01. The molecular weight excluding hydrogens is 272 g/mol. The predicted octanol–water partition coefficient (Wildman–Crippen LogP) is 1.42. The third-order valence-electron chi connectivity index (χ3n) is 2.79. The van der Waals surface area contributed by atoms with Gasteiger partial charge >= 0.3 is 0 Å². The number of nitrogens with two attached hydrogens (primary N) is 1. The van der Waals surface area contributed by atoms with Crippen molar-refractivity contribution in [1.29, 1.82) is 0 Å². The number of hydrogen-bond donors (Lipinski definition) is 3. The van der Waals surface area contributed by atoms with Crippen LogP contribution in [0.1, 0.15) is 12.5 Å². The van der Waals surface area contributed by atoms with Gasteiger partial charge in [0.15, 0.2) is 0 Å². The Hall–Kier alpha value is -2.21. The van der Waals surface area contributed by atoms with Crippen LogP contribution in [0.3, 0.4) is 0 Å². The average molecular weight is 288 g/mol. The van der Waals surface area contributed by atoms with Crippen molar-refractivity contribution in [2.45, 2.75) is 6.92 Å². The molecule has 0 saturated heterocycles. The zero-order chi connectivity index (χ0) is 14.5. The smallest absolute Gasteiger partial charge is 0.239 e. The second kappa shape index (κ2) is 6.29. The van der Waals surface area contributed by atoms with Crippen molar-refractivity contribution in [2.24, 2.45) is 5.73 Å². The number of nitrogens with zero attached hydrogens (tertiary/aromatic N) is 1. The molecule has 0 saturated carbocycles. The number of carbonyl (C=O) groups excluding carboxylic acids is 1. The highest BCUT2D eigenvalue weighted by Gasteiger charge is 2.08. The summed E-state index contributed by atoms with van der Waals surface area (Å²) in [5.74, 6) is 0.497. The molecule has 4 N–H and O–H groups in total. The predicted molar refractivity (Wildman–Crippen MR) is 84.8 cm³/mol. The van der Waals surface area contributed by atoms with Gasteiger partial charge in [0.25, 0.3) is 0 Å². The molecule has 0 spiro atoms. The Morgan fingerprint density at radius 1 is 1.40 bits per heavy atom. The van der Waals surface area contributed by atoms with E-state index in [1.807, 2.05) is 31.2 Å². The summed E-state index contributed by atoms with van der Waals surface area (Å²) in [7, 11) is 0. The van der Waals surface area contributed by atoms with Crippen molar-refractivity contribution in [3.63, 3.8) is 0 Å². The number of aromatic nitrogens is 1. The maximum Gasteiger partial charge on any atom is 0.239 e. The molecule has 0 fully saturated rings. The summed E-state index contributed by atoms with van der Waals surface area (Å²) in [6.07, 6.45) is 0. The molecule has 0 bridgehead atoms. The molecule has 2 rings (SSSR count). The minimum atomic E-state index is -0.0840. The van der Waals surface area contributed by atoms with Gasteiger partial charge in [-0.1, -0.05) is 30.4 Å². The van der Waals surface area contributed by atoms with Crippen LogP contribution in [0.25, 0.3) is 10.9 Å². The summed E-state index contributed by atoms with van der Waals surface area (Å²) in [6.45, 7) is 2.64. The first kappa shape index (κ1) is 14.2. The molecule has 1 aromatic carbocycles. The minimum Gasteiger partial charge on any atom is -0.389 e. The number of benzene rings is 1. The first-order chi connectivity index (χ1) is 9.61. The molecule has 1 amide bonds. The van der Waals surface area contributed by atoms with E-state index in [4.69, 9.17) is 18.0 Å². The number of nitrogens with one attached hydrogen (secondary N) is 2. The van der Waals surface area contributed by atoms with Crippen LogP contribution in [0.15, 0.2) is 30.3 Å². The molecule has 1 aromatic heterocycles. The lowest BCUT2D eigenvalue weighted by Crippen LogP contribution is -2.29. The monoisotopic (exact) mass is 288 g/mol. The van der Waals surface area contributed by atoms with E-state index in [1.165, 1.54) is 0 Å². The van der Waals surface area contributed by atoms with Crippen molar-refractivity contribution in [1.82, 2.24) is 10.3 Å². The van der Waals surface area contributed by atoms with Gasteiger partial charge in [-0.2, -0.15) is 0 Å². The van der Waals surface area contributed by atoms with Crippen LogP contribution in [-0.4, -0.2) is 29.0 Å². The van der Waals surface area contributed by atoms with Gasteiger partial charge < -0.3 is 16.4 Å². The maximum absolute atomic E-state index is 11.4. The number of hydrogen-bond acceptors (Lipinski definition) is 4. The van der Waals surface area contributed by atoms with Gasteiger partial charge in [0, 0.05) is 17.5 Å². The Morgan fingerprint density at radius 2 is 2.15 bits per heavy atom. The third kappa shape index (κ3) is 3.21. The highest BCUT2D eigenvalue weighted by Crippen LogP contribution is 2.20. The average Bonchev–Trinajstić information content (AvgIpc) is 2.44. The van der Waals surface area contributed by atoms with E-state index in [2.05, 4.69) is 15.6 Å². The number of thiocarbonyl (C=S) groups is 1. The van der Waals surface area contributed by atoms with Crippen molar-refractivity contribution in [3.8, 4) is 0 Å². The van der Waals surface area contributed by atoms with Crippen LogP contribution in [0.5, 0.6) is 0 Å². The lowest BCUT2D eigenvalue weighted by molar-refractivity contribution is -0.119. The van der Waals surface area contributed by atoms with Gasteiger partial charge in [-0.25, -0.2) is 4.98 Å². The summed E-state index contributed by atoms with van der Waals surface area (Å²) in [5.41, 5.74) is 7.29. The van der Waals surface area contributed by atoms with Crippen LogP contribution in [0, 0.1) is 0 Å². The van der Waals surface area contributed by atoms with Crippen LogP contribution in [0.4, 0.5) is 5.82 Å². The lowest BCUT2D eigenvalue weighted by atomic mass is 10.1. The molecule has 20 heavy (non-hydrogen) atoms. The fraction of sp³-hybridized carbons (Fsp3) is 0.214. The van der Waals surface area contributed by atoms with E-state index in [0.29, 0.717) is 17.4 Å². The summed E-state index contributed by atoms with van der Waals surface area (Å²) in [5, 5.41) is 6.60. The van der Waals surface area contributed by atoms with Crippen molar-refractivity contribution < 1.29 is 4.79 Å². The molecule has 0 unspecified atom stereocenters. The quantitative estimate of drug-likeness (QED) is 0.725. The molecule has 5 nitrogen and oxygen atoms in total. The first-order valence-electron chi connectivity index (χ1n) is 6.32. The standard InChI is InChI=1S/C14H16N4OS/c1-2-16-13(19)8-17-12-7-10(14(15)20)9-5-3-4-6-11(9)18-12/h3-7H,2,8H2,1H3,(H2,15,20)(H,16,19)(H,17,18). The lowest BCUT2D eigenvalue weighted by Gasteiger charge is -2.10. The second-order valence-electron chi connectivity index (χ2n) is 4.24. The largest absolute Gasteiger partial charge is 0.389 e. The summed E-state index contributed by atoms with van der Waals surface area (Å²) < 4.78 is 0. The Morgan fingerprint density at radius 3 is 2.85 bits per heavy atom. The van der Waals surface area contributed by atoms with E-state index in [9.17, 15) is 4.79 Å². The summed E-state index contributed by atoms with van der Waals surface area (Å²) in [6, 6.07) is 9.38. The van der Waals surface area contributed by atoms with Crippen LogP contribution < -0.4 is 16.4 Å². The van der Waals surface area contributed by atoms with Gasteiger partial charge in [-0.05, 0) is 19.1 Å². The fourth-order valence-corrected chi connectivity index (χ4v) is 2.07. The van der Waals surface area contributed by atoms with Crippen molar-refractivity contribution >= 4 is 39.8 Å². The van der Waals surface area contributed by atoms with Crippen LogP contribution >= 0.6 is 12.2 Å². The normalized spacial score (nSPS) is 10.2. The zero-order valence-electron chi connectivity index (χ0n) is 11.1. The zero-order valence-corrected chi connectivity index (χ0v) is 12.0. The molecule has 0 aliphatic heterocycles.